The van der Waals surface area contributed by atoms with Crippen LogP contribution in [0, 0.1) is 5.92 Å². The summed E-state index contributed by atoms with van der Waals surface area (Å²) >= 11 is 0. The Kier molecular flexibility index (Phi) is 8.79. The molecule has 1 saturated heterocycles. The number of hydrogen-bond donors (Lipinski definition) is 1. The number of benzene rings is 3. The molecule has 1 aliphatic heterocycles. The maximum Gasteiger partial charge on any atom is 0.247 e. The molecule has 2 heterocycles. The van der Waals surface area contributed by atoms with Crippen LogP contribution in [0.15, 0.2) is 72.8 Å². The van der Waals surface area contributed by atoms with E-state index in [9.17, 15) is 9.59 Å². The standard InChI is InChI=1S/C31H36N6O4/c1-22(2)30(31(39)32-24-10-12-25(13-11-24)35-16-18-41-19-17-35)36(20-23-8-14-26(40-3)15-9-23)29(38)21-37-28-7-5-4-6-27(28)33-34-37/h4-15,22,30H,16-21H2,1-3H3,(H,32,39)/t30-/m0/s1. The summed E-state index contributed by atoms with van der Waals surface area (Å²) in [6, 6.07) is 22.1. The number of carbonyl (C=O) groups is 2. The minimum atomic E-state index is -0.724. The Morgan fingerprint density at radius 1 is 1.00 bits per heavy atom. The van der Waals surface area contributed by atoms with Crippen molar-refractivity contribution in [2.45, 2.75) is 33.0 Å². The Balaban J connectivity index is 1.39. The van der Waals surface area contributed by atoms with Gasteiger partial charge in [-0.25, -0.2) is 4.68 Å². The van der Waals surface area contributed by atoms with Gasteiger partial charge in [-0.05, 0) is 60.0 Å². The van der Waals surface area contributed by atoms with Gasteiger partial charge < -0.3 is 24.6 Å². The molecule has 1 aliphatic rings. The zero-order valence-electron chi connectivity index (χ0n) is 23.7. The molecule has 3 aromatic carbocycles. The normalized spacial score (nSPS) is 14.2. The highest BCUT2D eigenvalue weighted by Gasteiger charge is 2.33. The minimum Gasteiger partial charge on any atom is -0.497 e. The molecule has 214 valence electrons. The number of rotatable bonds is 10. The number of para-hydroxylation sites is 1. The minimum absolute atomic E-state index is 0.0403. The van der Waals surface area contributed by atoms with E-state index >= 15 is 0 Å². The first kappa shape index (κ1) is 28.1. The van der Waals surface area contributed by atoms with Crippen molar-refractivity contribution in [3.63, 3.8) is 0 Å². The highest BCUT2D eigenvalue weighted by molar-refractivity contribution is 5.97. The molecule has 0 aliphatic carbocycles. The van der Waals surface area contributed by atoms with Crippen LogP contribution in [-0.2, 0) is 27.4 Å². The lowest BCUT2D eigenvalue weighted by Gasteiger charge is -2.34. The topological polar surface area (TPSA) is 102 Å². The summed E-state index contributed by atoms with van der Waals surface area (Å²) in [7, 11) is 1.61. The van der Waals surface area contributed by atoms with Gasteiger partial charge in [-0.15, -0.1) is 5.10 Å². The Labute approximate surface area is 239 Å². The summed E-state index contributed by atoms with van der Waals surface area (Å²) in [4.78, 5) is 31.6. The molecule has 5 rings (SSSR count). The number of hydrogen-bond acceptors (Lipinski definition) is 7. The number of anilines is 2. The van der Waals surface area contributed by atoms with Crippen molar-refractivity contribution in [3.05, 3.63) is 78.4 Å². The molecule has 0 spiro atoms. The van der Waals surface area contributed by atoms with Gasteiger partial charge in [0.1, 0.15) is 23.9 Å². The molecule has 10 nitrogen and oxygen atoms in total. The fraction of sp³-hybridized carbons (Fsp3) is 0.355. The van der Waals surface area contributed by atoms with E-state index in [1.165, 1.54) is 0 Å². The molecule has 1 fully saturated rings. The second kappa shape index (κ2) is 12.8. The number of carbonyl (C=O) groups excluding carboxylic acids is 2. The number of ether oxygens (including phenoxy) is 2. The summed E-state index contributed by atoms with van der Waals surface area (Å²) < 4.78 is 12.3. The van der Waals surface area contributed by atoms with Crippen molar-refractivity contribution in [3.8, 4) is 5.75 Å². The van der Waals surface area contributed by atoms with Crippen molar-refractivity contribution in [2.24, 2.45) is 5.92 Å². The second-order valence-corrected chi connectivity index (χ2v) is 10.4. The van der Waals surface area contributed by atoms with Gasteiger partial charge in [0, 0.05) is 31.0 Å². The summed E-state index contributed by atoms with van der Waals surface area (Å²) in [5.74, 6) is 0.0918. The maximum atomic E-state index is 13.9. The molecular weight excluding hydrogens is 520 g/mol. The van der Waals surface area contributed by atoms with Crippen LogP contribution in [0.4, 0.5) is 11.4 Å². The van der Waals surface area contributed by atoms with E-state index in [0.29, 0.717) is 24.4 Å². The van der Waals surface area contributed by atoms with Gasteiger partial charge in [-0.2, -0.15) is 0 Å². The fourth-order valence-electron chi connectivity index (χ4n) is 5.12. The van der Waals surface area contributed by atoms with Gasteiger partial charge in [0.2, 0.25) is 11.8 Å². The Hall–Kier alpha value is -4.44. The summed E-state index contributed by atoms with van der Waals surface area (Å²) in [6.07, 6.45) is 0. The monoisotopic (exact) mass is 556 g/mol. The van der Waals surface area contributed by atoms with Crippen LogP contribution in [-0.4, -0.2) is 71.2 Å². The van der Waals surface area contributed by atoms with E-state index in [4.69, 9.17) is 9.47 Å². The molecule has 41 heavy (non-hydrogen) atoms. The molecule has 0 unspecified atom stereocenters. The number of nitrogens with one attached hydrogen (secondary N) is 1. The number of nitrogens with zero attached hydrogens (tertiary/aromatic N) is 5. The highest BCUT2D eigenvalue weighted by Crippen LogP contribution is 2.23. The third-order valence-electron chi connectivity index (χ3n) is 7.28. The van der Waals surface area contributed by atoms with Gasteiger partial charge in [0.15, 0.2) is 0 Å². The molecule has 0 saturated carbocycles. The largest absolute Gasteiger partial charge is 0.497 e. The highest BCUT2D eigenvalue weighted by atomic mass is 16.5. The third-order valence-corrected chi connectivity index (χ3v) is 7.28. The van der Waals surface area contributed by atoms with Gasteiger partial charge in [-0.1, -0.05) is 43.3 Å². The first-order chi connectivity index (χ1) is 19.9. The Morgan fingerprint density at radius 2 is 1.71 bits per heavy atom. The number of morpholine rings is 1. The van der Waals surface area contributed by atoms with E-state index < -0.39 is 6.04 Å². The van der Waals surface area contributed by atoms with E-state index in [-0.39, 0.29) is 30.8 Å². The fourth-order valence-corrected chi connectivity index (χ4v) is 5.12. The molecule has 4 aromatic rings. The predicted octanol–water partition coefficient (Wildman–Crippen LogP) is 3.97. The predicted molar refractivity (Wildman–Crippen MR) is 158 cm³/mol. The number of fused-ring (bicyclic) bond motifs is 1. The van der Waals surface area contributed by atoms with Crippen LogP contribution < -0.4 is 15.0 Å². The molecule has 0 radical (unpaired) electrons. The average Bonchev–Trinajstić information content (AvgIpc) is 3.40. The van der Waals surface area contributed by atoms with Crippen LogP contribution in [0.25, 0.3) is 11.0 Å². The Bertz CT molecular complexity index is 1460. The molecule has 2 amide bonds. The van der Waals surface area contributed by atoms with Gasteiger partial charge in [0.25, 0.3) is 0 Å². The van der Waals surface area contributed by atoms with Crippen molar-refractivity contribution in [2.75, 3.05) is 43.6 Å². The van der Waals surface area contributed by atoms with Gasteiger partial charge in [-0.3, -0.25) is 9.59 Å². The van der Waals surface area contributed by atoms with Crippen molar-refractivity contribution < 1.29 is 19.1 Å². The van der Waals surface area contributed by atoms with Crippen molar-refractivity contribution in [1.82, 2.24) is 19.9 Å². The molecule has 1 N–H and O–H groups in total. The number of methoxy groups -OCH3 is 1. The molecule has 1 aromatic heterocycles. The van der Waals surface area contributed by atoms with Gasteiger partial charge >= 0.3 is 0 Å². The molecule has 1 atom stereocenters. The SMILES string of the molecule is COc1ccc(CN(C(=O)Cn2nnc3ccccc32)[C@H](C(=O)Nc2ccc(N3CCOCC3)cc2)C(C)C)cc1. The number of aromatic nitrogens is 3. The number of amides is 2. The quantitative estimate of drug-likeness (QED) is 0.315. The molecule has 0 bridgehead atoms. The summed E-state index contributed by atoms with van der Waals surface area (Å²) in [6.45, 7) is 7.20. The van der Waals surface area contributed by atoms with Crippen molar-refractivity contribution in [1.29, 1.82) is 0 Å². The van der Waals surface area contributed by atoms with Crippen LogP contribution in [0.3, 0.4) is 0 Å². The average molecular weight is 557 g/mol. The van der Waals surface area contributed by atoms with Crippen LogP contribution in [0.2, 0.25) is 0 Å². The van der Waals surface area contributed by atoms with Crippen LogP contribution in [0.1, 0.15) is 19.4 Å². The van der Waals surface area contributed by atoms with Crippen LogP contribution in [0.5, 0.6) is 5.75 Å². The van der Waals surface area contributed by atoms with Gasteiger partial charge in [0.05, 0.1) is 25.8 Å². The lowest BCUT2D eigenvalue weighted by molar-refractivity contribution is -0.141. The first-order valence-corrected chi connectivity index (χ1v) is 13.9. The summed E-state index contributed by atoms with van der Waals surface area (Å²) in [5.41, 5.74) is 4.12. The van der Waals surface area contributed by atoms with E-state index in [0.717, 1.165) is 35.6 Å². The molecule has 10 heteroatoms. The second-order valence-electron chi connectivity index (χ2n) is 10.4. The summed E-state index contributed by atoms with van der Waals surface area (Å²) in [5, 5.41) is 11.4. The van der Waals surface area contributed by atoms with E-state index in [1.54, 1.807) is 16.7 Å². The van der Waals surface area contributed by atoms with Crippen LogP contribution >= 0.6 is 0 Å². The first-order valence-electron chi connectivity index (χ1n) is 13.9. The van der Waals surface area contributed by atoms with Crippen molar-refractivity contribution >= 4 is 34.2 Å². The maximum absolute atomic E-state index is 13.9. The lowest BCUT2D eigenvalue weighted by atomic mass is 10.00. The lowest BCUT2D eigenvalue weighted by Crippen LogP contribution is -2.50. The third kappa shape index (κ3) is 6.66. The van der Waals surface area contributed by atoms with E-state index in [2.05, 4.69) is 20.5 Å². The zero-order valence-corrected chi connectivity index (χ0v) is 23.7. The molecular formula is C31H36N6O4. The Morgan fingerprint density at radius 3 is 2.39 bits per heavy atom. The van der Waals surface area contributed by atoms with E-state index in [1.807, 2.05) is 86.6 Å². The smallest absolute Gasteiger partial charge is 0.247 e. The zero-order chi connectivity index (χ0) is 28.8.